The van der Waals surface area contributed by atoms with E-state index in [1.165, 1.54) is 12.1 Å². The van der Waals surface area contributed by atoms with Crippen molar-refractivity contribution in [3.8, 4) is 23.3 Å². The molecule has 0 spiro atoms. The minimum atomic E-state index is -0.562. The van der Waals surface area contributed by atoms with Gasteiger partial charge in [-0.15, -0.1) is 0 Å². The predicted octanol–water partition coefficient (Wildman–Crippen LogP) is 4.04. The SMILES string of the molecule is Cc1nccn1-c1cccc(OC[C@@H](C)Oc2ccc(C#N)cc2F)c1. The Kier molecular flexibility index (Phi) is 5.18. The molecule has 5 nitrogen and oxygen atoms in total. The number of ether oxygens (including phenoxy) is 2. The van der Waals surface area contributed by atoms with E-state index >= 15 is 0 Å². The Balaban J connectivity index is 1.62. The maximum Gasteiger partial charge on any atom is 0.166 e. The van der Waals surface area contributed by atoms with Gasteiger partial charge in [0.05, 0.1) is 17.3 Å². The first kappa shape index (κ1) is 17.5. The third kappa shape index (κ3) is 4.01. The molecule has 3 aromatic rings. The van der Waals surface area contributed by atoms with E-state index in [2.05, 4.69) is 4.98 Å². The van der Waals surface area contributed by atoms with Gasteiger partial charge >= 0.3 is 0 Å². The summed E-state index contributed by atoms with van der Waals surface area (Å²) >= 11 is 0. The number of imidazole rings is 1. The summed E-state index contributed by atoms with van der Waals surface area (Å²) in [7, 11) is 0. The summed E-state index contributed by atoms with van der Waals surface area (Å²) in [6.45, 7) is 3.98. The second kappa shape index (κ2) is 7.70. The Morgan fingerprint density at radius 3 is 2.81 bits per heavy atom. The van der Waals surface area contributed by atoms with Crippen LogP contribution in [0.1, 0.15) is 18.3 Å². The zero-order chi connectivity index (χ0) is 18.5. The number of nitriles is 1. The normalized spacial score (nSPS) is 11.6. The van der Waals surface area contributed by atoms with Gasteiger partial charge in [0.1, 0.15) is 24.3 Å². The molecular formula is C20H18FN3O2. The molecule has 1 heterocycles. The molecule has 0 aliphatic heterocycles. The van der Waals surface area contributed by atoms with Crippen molar-refractivity contribution in [2.75, 3.05) is 6.61 Å². The first-order valence-electron chi connectivity index (χ1n) is 8.16. The molecule has 0 radical (unpaired) electrons. The minimum Gasteiger partial charge on any atom is -0.490 e. The summed E-state index contributed by atoms with van der Waals surface area (Å²) in [5.74, 6) is 1.11. The first-order valence-corrected chi connectivity index (χ1v) is 8.16. The largest absolute Gasteiger partial charge is 0.490 e. The molecule has 0 unspecified atom stereocenters. The molecule has 0 saturated heterocycles. The van der Waals surface area contributed by atoms with Gasteiger partial charge in [-0.05, 0) is 44.2 Å². The van der Waals surface area contributed by atoms with E-state index in [0.717, 1.165) is 17.6 Å². The van der Waals surface area contributed by atoms with Crippen LogP contribution in [0.15, 0.2) is 54.9 Å². The number of rotatable bonds is 6. The number of hydrogen-bond donors (Lipinski definition) is 0. The molecule has 0 amide bonds. The summed E-state index contributed by atoms with van der Waals surface area (Å²) in [6.07, 6.45) is 3.26. The van der Waals surface area contributed by atoms with Gasteiger partial charge in [0.2, 0.25) is 0 Å². The molecule has 0 bridgehead atoms. The van der Waals surface area contributed by atoms with Crippen LogP contribution in [0.2, 0.25) is 0 Å². The summed E-state index contributed by atoms with van der Waals surface area (Å²) in [4.78, 5) is 4.21. The van der Waals surface area contributed by atoms with E-state index in [1.807, 2.05) is 48.0 Å². The first-order chi connectivity index (χ1) is 12.6. The average molecular weight is 351 g/mol. The molecule has 3 rings (SSSR count). The van der Waals surface area contributed by atoms with E-state index in [-0.39, 0.29) is 24.0 Å². The van der Waals surface area contributed by atoms with Gasteiger partial charge in [-0.3, -0.25) is 0 Å². The van der Waals surface area contributed by atoms with E-state index in [9.17, 15) is 4.39 Å². The smallest absolute Gasteiger partial charge is 0.166 e. The summed E-state index contributed by atoms with van der Waals surface area (Å²) < 4.78 is 27.2. The van der Waals surface area contributed by atoms with Crippen LogP contribution >= 0.6 is 0 Å². The number of nitrogens with zero attached hydrogens (tertiary/aromatic N) is 3. The molecule has 2 aromatic carbocycles. The molecule has 0 aliphatic carbocycles. The maximum atomic E-state index is 13.9. The van der Waals surface area contributed by atoms with Crippen LogP contribution in [0.4, 0.5) is 4.39 Å². The molecule has 6 heteroatoms. The second-order valence-electron chi connectivity index (χ2n) is 5.84. The van der Waals surface area contributed by atoms with Crippen LogP contribution in [-0.4, -0.2) is 22.3 Å². The van der Waals surface area contributed by atoms with Crippen LogP contribution in [0, 0.1) is 24.1 Å². The van der Waals surface area contributed by atoms with Gasteiger partial charge in [0.25, 0.3) is 0 Å². The van der Waals surface area contributed by atoms with Crippen molar-refractivity contribution in [1.82, 2.24) is 9.55 Å². The highest BCUT2D eigenvalue weighted by atomic mass is 19.1. The van der Waals surface area contributed by atoms with Crippen molar-refractivity contribution in [1.29, 1.82) is 5.26 Å². The Hall–Kier alpha value is -3.33. The topological polar surface area (TPSA) is 60.1 Å². The molecule has 26 heavy (non-hydrogen) atoms. The van der Waals surface area contributed by atoms with Crippen LogP contribution in [0.25, 0.3) is 5.69 Å². The number of aryl methyl sites for hydroxylation is 1. The third-order valence-corrected chi connectivity index (χ3v) is 3.80. The molecule has 0 fully saturated rings. The van der Waals surface area contributed by atoms with Crippen molar-refractivity contribution in [3.05, 3.63) is 72.1 Å². The van der Waals surface area contributed by atoms with E-state index in [0.29, 0.717) is 5.75 Å². The molecule has 1 atom stereocenters. The average Bonchev–Trinajstić information content (AvgIpc) is 3.08. The standard InChI is InChI=1S/C20H18FN3O2/c1-14(26-20-7-6-16(12-22)10-19(20)21)13-25-18-5-3-4-17(11-18)24-9-8-23-15(24)2/h3-11,14H,13H2,1-2H3/t14-/m1/s1. The fourth-order valence-electron chi connectivity index (χ4n) is 2.50. The fraction of sp³-hybridized carbons (Fsp3) is 0.200. The summed E-state index contributed by atoms with van der Waals surface area (Å²) in [5, 5.41) is 8.77. The lowest BCUT2D eigenvalue weighted by Crippen LogP contribution is -2.21. The molecule has 0 N–H and O–H groups in total. The van der Waals surface area contributed by atoms with Crippen LogP contribution in [0.3, 0.4) is 0 Å². The van der Waals surface area contributed by atoms with E-state index in [4.69, 9.17) is 14.7 Å². The fourth-order valence-corrected chi connectivity index (χ4v) is 2.50. The highest BCUT2D eigenvalue weighted by molar-refractivity contribution is 5.40. The lowest BCUT2D eigenvalue weighted by atomic mass is 10.2. The highest BCUT2D eigenvalue weighted by Crippen LogP contribution is 2.21. The van der Waals surface area contributed by atoms with E-state index in [1.54, 1.807) is 13.1 Å². The van der Waals surface area contributed by atoms with Crippen LogP contribution < -0.4 is 9.47 Å². The summed E-state index contributed by atoms with van der Waals surface area (Å²) in [5.41, 5.74) is 1.20. The van der Waals surface area contributed by atoms with Crippen molar-refractivity contribution in [2.24, 2.45) is 0 Å². The third-order valence-electron chi connectivity index (χ3n) is 3.80. The van der Waals surface area contributed by atoms with Gasteiger partial charge < -0.3 is 14.0 Å². The quantitative estimate of drug-likeness (QED) is 0.672. The zero-order valence-electron chi connectivity index (χ0n) is 14.5. The van der Waals surface area contributed by atoms with Crippen LogP contribution in [0.5, 0.6) is 11.5 Å². The summed E-state index contributed by atoms with van der Waals surface area (Å²) in [6, 6.07) is 13.6. The number of halogens is 1. The Morgan fingerprint density at radius 1 is 1.27 bits per heavy atom. The molecule has 0 aliphatic rings. The number of hydrogen-bond acceptors (Lipinski definition) is 4. The molecule has 1 aromatic heterocycles. The Morgan fingerprint density at radius 2 is 2.12 bits per heavy atom. The highest BCUT2D eigenvalue weighted by Gasteiger charge is 2.11. The number of aromatic nitrogens is 2. The lowest BCUT2D eigenvalue weighted by molar-refractivity contribution is 0.138. The Bertz CT molecular complexity index is 946. The second-order valence-corrected chi connectivity index (χ2v) is 5.84. The Labute approximate surface area is 151 Å². The molecular weight excluding hydrogens is 333 g/mol. The maximum absolute atomic E-state index is 13.9. The zero-order valence-corrected chi connectivity index (χ0v) is 14.5. The lowest BCUT2D eigenvalue weighted by Gasteiger charge is -2.16. The number of benzene rings is 2. The van der Waals surface area contributed by atoms with Gasteiger partial charge in [-0.25, -0.2) is 9.37 Å². The molecule has 0 saturated carbocycles. The van der Waals surface area contributed by atoms with E-state index < -0.39 is 5.82 Å². The van der Waals surface area contributed by atoms with Crippen molar-refractivity contribution in [3.63, 3.8) is 0 Å². The van der Waals surface area contributed by atoms with Gasteiger partial charge in [0, 0.05) is 18.5 Å². The monoisotopic (exact) mass is 351 g/mol. The van der Waals surface area contributed by atoms with Crippen molar-refractivity contribution >= 4 is 0 Å². The van der Waals surface area contributed by atoms with Gasteiger partial charge in [-0.1, -0.05) is 6.07 Å². The molecule has 132 valence electrons. The van der Waals surface area contributed by atoms with Gasteiger partial charge in [-0.2, -0.15) is 5.26 Å². The van der Waals surface area contributed by atoms with Crippen molar-refractivity contribution in [2.45, 2.75) is 20.0 Å². The predicted molar refractivity (Wildman–Crippen MR) is 95.0 cm³/mol. The van der Waals surface area contributed by atoms with Gasteiger partial charge in [0.15, 0.2) is 11.6 Å². The minimum absolute atomic E-state index is 0.0999. The van der Waals surface area contributed by atoms with Crippen LogP contribution in [-0.2, 0) is 0 Å². The van der Waals surface area contributed by atoms with Crippen molar-refractivity contribution < 1.29 is 13.9 Å².